The summed E-state index contributed by atoms with van der Waals surface area (Å²) < 4.78 is 5.36. The van der Waals surface area contributed by atoms with Crippen molar-refractivity contribution < 1.29 is 14.3 Å². The lowest BCUT2D eigenvalue weighted by molar-refractivity contribution is -0.129. The number of rotatable bonds is 4. The van der Waals surface area contributed by atoms with Crippen molar-refractivity contribution in [2.24, 2.45) is 0 Å². The van der Waals surface area contributed by atoms with Crippen LogP contribution in [-0.4, -0.2) is 50.2 Å². The molecular weight excluding hydrogens is 210 g/mol. The first kappa shape index (κ1) is 12.9. The van der Waals surface area contributed by atoms with Gasteiger partial charge in [0.15, 0.2) is 0 Å². The van der Waals surface area contributed by atoms with Gasteiger partial charge in [0, 0.05) is 26.6 Å². The Balaban J connectivity index is 2.20. The van der Waals surface area contributed by atoms with E-state index in [-0.39, 0.29) is 24.0 Å². The summed E-state index contributed by atoms with van der Waals surface area (Å²) in [5.74, 6) is -0.181. The van der Waals surface area contributed by atoms with Crippen LogP contribution in [0.4, 0.5) is 0 Å². The Morgan fingerprint density at radius 3 is 2.69 bits per heavy atom. The summed E-state index contributed by atoms with van der Waals surface area (Å²) in [4.78, 5) is 22.3. The Kier molecular flexibility index (Phi) is 5.21. The SMILES string of the molecule is CC(=O)NCCNC(=O)[C@H]1NCCO[C@@H]1C. The molecule has 0 spiro atoms. The molecule has 0 aromatic carbocycles. The highest BCUT2D eigenvalue weighted by Gasteiger charge is 2.27. The molecule has 2 atom stereocenters. The van der Waals surface area contributed by atoms with Gasteiger partial charge in [0.25, 0.3) is 0 Å². The van der Waals surface area contributed by atoms with E-state index in [0.717, 1.165) is 0 Å². The first-order chi connectivity index (χ1) is 7.61. The number of amides is 2. The molecule has 1 aliphatic rings. The zero-order chi connectivity index (χ0) is 12.0. The average molecular weight is 229 g/mol. The summed E-state index contributed by atoms with van der Waals surface area (Å²) in [6.45, 7) is 5.52. The summed E-state index contributed by atoms with van der Waals surface area (Å²) in [6.07, 6.45) is -0.116. The number of hydrogen-bond acceptors (Lipinski definition) is 4. The van der Waals surface area contributed by atoms with E-state index in [1.165, 1.54) is 6.92 Å². The average Bonchev–Trinajstić information content (AvgIpc) is 2.24. The molecule has 1 heterocycles. The molecule has 0 saturated carbocycles. The van der Waals surface area contributed by atoms with Crippen LogP contribution in [0.3, 0.4) is 0 Å². The predicted molar refractivity (Wildman–Crippen MR) is 58.9 cm³/mol. The van der Waals surface area contributed by atoms with Crippen LogP contribution in [0.15, 0.2) is 0 Å². The molecule has 3 N–H and O–H groups in total. The maximum absolute atomic E-state index is 11.7. The minimum Gasteiger partial charge on any atom is -0.375 e. The molecule has 1 saturated heterocycles. The third-order valence-corrected chi connectivity index (χ3v) is 2.40. The Hall–Kier alpha value is -1.14. The van der Waals surface area contributed by atoms with Crippen molar-refractivity contribution in [3.63, 3.8) is 0 Å². The zero-order valence-electron chi connectivity index (χ0n) is 9.71. The van der Waals surface area contributed by atoms with Crippen LogP contribution in [-0.2, 0) is 14.3 Å². The van der Waals surface area contributed by atoms with E-state index < -0.39 is 0 Å². The topological polar surface area (TPSA) is 79.5 Å². The first-order valence-electron chi connectivity index (χ1n) is 5.48. The van der Waals surface area contributed by atoms with E-state index in [0.29, 0.717) is 26.2 Å². The van der Waals surface area contributed by atoms with E-state index in [4.69, 9.17) is 4.74 Å². The molecule has 1 fully saturated rings. The quantitative estimate of drug-likeness (QED) is 0.519. The maximum Gasteiger partial charge on any atom is 0.239 e. The lowest BCUT2D eigenvalue weighted by Crippen LogP contribution is -2.56. The molecule has 0 unspecified atom stereocenters. The molecular formula is C10H19N3O3. The second-order valence-corrected chi connectivity index (χ2v) is 3.78. The van der Waals surface area contributed by atoms with Gasteiger partial charge < -0.3 is 20.7 Å². The molecule has 0 radical (unpaired) electrons. The van der Waals surface area contributed by atoms with Crippen molar-refractivity contribution in [3.05, 3.63) is 0 Å². The fraction of sp³-hybridized carbons (Fsp3) is 0.800. The van der Waals surface area contributed by atoms with E-state index in [1.54, 1.807) is 0 Å². The van der Waals surface area contributed by atoms with Gasteiger partial charge in [0.05, 0.1) is 12.7 Å². The van der Waals surface area contributed by atoms with Crippen molar-refractivity contribution in [1.82, 2.24) is 16.0 Å². The number of nitrogens with one attached hydrogen (secondary N) is 3. The van der Waals surface area contributed by atoms with Crippen molar-refractivity contribution in [2.75, 3.05) is 26.2 Å². The van der Waals surface area contributed by atoms with Gasteiger partial charge in [-0.1, -0.05) is 0 Å². The van der Waals surface area contributed by atoms with Crippen LogP contribution in [0.1, 0.15) is 13.8 Å². The van der Waals surface area contributed by atoms with Crippen LogP contribution in [0.25, 0.3) is 0 Å². The number of carbonyl (C=O) groups excluding carboxylic acids is 2. The van der Waals surface area contributed by atoms with Crippen LogP contribution < -0.4 is 16.0 Å². The zero-order valence-corrected chi connectivity index (χ0v) is 9.71. The molecule has 6 nitrogen and oxygen atoms in total. The van der Waals surface area contributed by atoms with Crippen molar-refractivity contribution >= 4 is 11.8 Å². The summed E-state index contributed by atoms with van der Waals surface area (Å²) in [5, 5.41) is 8.45. The fourth-order valence-electron chi connectivity index (χ4n) is 1.56. The standard InChI is InChI=1S/C10H19N3O3/c1-7-9(12-5-6-16-7)10(15)13-4-3-11-8(2)14/h7,9,12H,3-6H2,1-2H3,(H,11,14)(H,13,15)/t7-,9+/m1/s1. The molecule has 92 valence electrons. The Morgan fingerprint density at radius 2 is 2.06 bits per heavy atom. The number of carbonyl (C=O) groups is 2. The predicted octanol–water partition coefficient (Wildman–Crippen LogP) is -1.38. The van der Waals surface area contributed by atoms with E-state index in [2.05, 4.69) is 16.0 Å². The number of morpholine rings is 1. The highest BCUT2D eigenvalue weighted by Crippen LogP contribution is 2.03. The minimum absolute atomic E-state index is 0.0856. The second kappa shape index (κ2) is 6.44. The van der Waals surface area contributed by atoms with Gasteiger partial charge in [-0.2, -0.15) is 0 Å². The van der Waals surface area contributed by atoms with E-state index >= 15 is 0 Å². The fourth-order valence-corrected chi connectivity index (χ4v) is 1.56. The third kappa shape index (κ3) is 4.16. The van der Waals surface area contributed by atoms with Crippen LogP contribution in [0, 0.1) is 0 Å². The Labute approximate surface area is 95.1 Å². The smallest absolute Gasteiger partial charge is 0.239 e. The Morgan fingerprint density at radius 1 is 1.38 bits per heavy atom. The van der Waals surface area contributed by atoms with Crippen LogP contribution >= 0.6 is 0 Å². The van der Waals surface area contributed by atoms with Gasteiger partial charge in [0.1, 0.15) is 6.04 Å². The van der Waals surface area contributed by atoms with Gasteiger partial charge in [-0.05, 0) is 6.92 Å². The molecule has 0 bridgehead atoms. The van der Waals surface area contributed by atoms with Gasteiger partial charge >= 0.3 is 0 Å². The molecule has 1 rings (SSSR count). The highest BCUT2D eigenvalue weighted by atomic mass is 16.5. The Bertz CT molecular complexity index is 258. The monoisotopic (exact) mass is 229 g/mol. The lowest BCUT2D eigenvalue weighted by Gasteiger charge is -2.29. The molecule has 6 heteroatoms. The summed E-state index contributed by atoms with van der Waals surface area (Å²) in [6, 6.07) is -0.300. The largest absolute Gasteiger partial charge is 0.375 e. The molecule has 0 aliphatic carbocycles. The van der Waals surface area contributed by atoms with E-state index in [1.807, 2.05) is 6.92 Å². The van der Waals surface area contributed by atoms with Gasteiger partial charge in [-0.25, -0.2) is 0 Å². The van der Waals surface area contributed by atoms with Crippen molar-refractivity contribution in [1.29, 1.82) is 0 Å². The first-order valence-corrected chi connectivity index (χ1v) is 5.48. The molecule has 1 aliphatic heterocycles. The van der Waals surface area contributed by atoms with Gasteiger partial charge in [0.2, 0.25) is 11.8 Å². The number of ether oxygens (including phenoxy) is 1. The minimum atomic E-state index is -0.300. The van der Waals surface area contributed by atoms with E-state index in [9.17, 15) is 9.59 Å². The van der Waals surface area contributed by atoms with Crippen LogP contribution in [0.2, 0.25) is 0 Å². The third-order valence-electron chi connectivity index (χ3n) is 2.40. The van der Waals surface area contributed by atoms with Gasteiger partial charge in [-0.3, -0.25) is 9.59 Å². The maximum atomic E-state index is 11.7. The highest BCUT2D eigenvalue weighted by molar-refractivity contribution is 5.82. The molecule has 0 aromatic heterocycles. The number of hydrogen-bond donors (Lipinski definition) is 3. The van der Waals surface area contributed by atoms with Crippen molar-refractivity contribution in [2.45, 2.75) is 26.0 Å². The summed E-state index contributed by atoms with van der Waals surface area (Å²) in [5.41, 5.74) is 0. The van der Waals surface area contributed by atoms with Crippen LogP contribution in [0.5, 0.6) is 0 Å². The molecule has 0 aromatic rings. The second-order valence-electron chi connectivity index (χ2n) is 3.78. The summed E-state index contributed by atoms with van der Waals surface area (Å²) in [7, 11) is 0. The van der Waals surface area contributed by atoms with Crippen molar-refractivity contribution in [3.8, 4) is 0 Å². The summed E-state index contributed by atoms with van der Waals surface area (Å²) >= 11 is 0. The normalized spacial score (nSPS) is 24.9. The lowest BCUT2D eigenvalue weighted by atomic mass is 10.1. The molecule has 16 heavy (non-hydrogen) atoms. The molecule has 2 amide bonds. The van der Waals surface area contributed by atoms with Gasteiger partial charge in [-0.15, -0.1) is 0 Å².